The molecule has 4 aliphatic heterocycles. The summed E-state index contributed by atoms with van der Waals surface area (Å²) in [5.41, 5.74) is 14.4. The molecule has 6 aromatic rings. The third kappa shape index (κ3) is 11.3. The topological polar surface area (TPSA) is 82.7 Å². The first kappa shape index (κ1) is 56.5. The first-order chi connectivity index (χ1) is 38.2. The highest BCUT2D eigenvalue weighted by atomic mass is 79.9. The minimum absolute atomic E-state index is 0. The third-order valence-electron chi connectivity index (χ3n) is 17.5. The summed E-state index contributed by atoms with van der Waals surface area (Å²) < 4.78 is 59.7. The van der Waals surface area contributed by atoms with Crippen molar-refractivity contribution in [2.45, 2.75) is 200 Å². The molecule has 0 fully saturated rings. The number of hydrogen-bond acceptors (Lipinski definition) is 8. The molecule has 5 aromatic carbocycles. The number of ether oxygens (including phenoxy) is 8. The molecule has 4 unspecified atom stereocenters. The van der Waals surface area contributed by atoms with Gasteiger partial charge in [-0.05, 0) is 61.8 Å². The highest BCUT2D eigenvalue weighted by Crippen LogP contribution is 2.56. The molecule has 0 spiro atoms. The Morgan fingerprint density at radius 3 is 1.11 bits per heavy atom. The predicted molar refractivity (Wildman–Crippen MR) is 307 cm³/mol. The van der Waals surface area contributed by atoms with E-state index < -0.39 is 0 Å². The number of aromatic nitrogens is 2. The highest BCUT2D eigenvalue weighted by molar-refractivity contribution is 5.66. The van der Waals surface area contributed by atoms with Crippen molar-refractivity contribution in [3.05, 3.63) is 141 Å². The molecule has 11 heteroatoms. The molecule has 5 aliphatic rings. The zero-order valence-corrected chi connectivity index (χ0v) is 49.9. The van der Waals surface area contributed by atoms with E-state index in [9.17, 15) is 0 Å². The van der Waals surface area contributed by atoms with Crippen molar-refractivity contribution in [3.63, 3.8) is 0 Å². The number of hydrogen-bond donors (Lipinski definition) is 0. The van der Waals surface area contributed by atoms with E-state index in [4.69, 9.17) is 37.9 Å². The lowest BCUT2D eigenvalue weighted by atomic mass is 9.75. The van der Waals surface area contributed by atoms with Crippen LogP contribution in [0.1, 0.15) is 255 Å². The lowest BCUT2D eigenvalue weighted by molar-refractivity contribution is -0.687. The summed E-state index contributed by atoms with van der Waals surface area (Å²) >= 11 is 0. The van der Waals surface area contributed by atoms with Crippen LogP contribution in [0, 0.1) is 0 Å². The van der Waals surface area contributed by atoms with Crippen LogP contribution >= 0.6 is 0 Å². The average molecular weight is 1140 g/mol. The average Bonchev–Trinajstić information content (AvgIpc) is 4.04. The molecule has 79 heavy (non-hydrogen) atoms. The molecule has 1 aliphatic carbocycles. The summed E-state index contributed by atoms with van der Waals surface area (Å²) in [4.78, 5) is 0. The van der Waals surface area contributed by atoms with Gasteiger partial charge < -0.3 is 54.9 Å². The molecule has 0 radical (unpaired) electrons. The van der Waals surface area contributed by atoms with Crippen LogP contribution in [0.4, 0.5) is 0 Å². The van der Waals surface area contributed by atoms with Gasteiger partial charge in [0.1, 0.15) is 70.6 Å². The van der Waals surface area contributed by atoms with Crippen molar-refractivity contribution in [2.75, 3.05) is 27.2 Å². The molecule has 8 bridgehead atoms. The fourth-order valence-electron chi connectivity index (χ4n) is 13.5. The predicted octanol–water partition coefficient (Wildman–Crippen LogP) is 14.1. The minimum atomic E-state index is -0.0636. The summed E-state index contributed by atoms with van der Waals surface area (Å²) in [5.74, 6) is 7.03. The number of benzene rings is 5. The molecule has 422 valence electrons. The van der Waals surface area contributed by atoms with Crippen LogP contribution in [0.3, 0.4) is 0 Å². The summed E-state index contributed by atoms with van der Waals surface area (Å²) in [6.45, 7) is 19.0. The van der Waals surface area contributed by atoms with Gasteiger partial charge in [-0.15, -0.1) is 0 Å². The number of unbranched alkanes of at least 4 members (excludes halogenated alkanes) is 8. The van der Waals surface area contributed by atoms with Gasteiger partial charge in [0, 0.05) is 97.5 Å². The second-order valence-corrected chi connectivity index (χ2v) is 23.4. The van der Waals surface area contributed by atoms with Crippen LogP contribution in [0.2, 0.25) is 0 Å². The summed E-state index contributed by atoms with van der Waals surface area (Å²) in [7, 11) is 0. The van der Waals surface area contributed by atoms with Gasteiger partial charge in [-0.3, -0.25) is 0 Å². The van der Waals surface area contributed by atoms with Gasteiger partial charge in [-0.25, -0.2) is 9.13 Å². The molecule has 0 amide bonds. The fourth-order valence-corrected chi connectivity index (χ4v) is 13.5. The van der Waals surface area contributed by atoms with Crippen LogP contribution in [0.5, 0.6) is 46.0 Å². The van der Waals surface area contributed by atoms with Gasteiger partial charge in [-0.1, -0.05) is 151 Å². The number of halogens is 1. The van der Waals surface area contributed by atoms with E-state index in [0.29, 0.717) is 18.4 Å². The molecule has 5 heterocycles. The standard InChI is InChI=1S/C68H85N2O8.BrH/c1-9-13-17-22-47-51-30-52-48(23-18-14-10-2)54-32-56-50(25-20-16-12-4)58-33-57-49(24-19-15-11-3)55-31-53(47)62-35-64(55)75-41-77-67(57)59(37-69-28-29-70(38-69)66-45(43(5)6)26-21-27-46(66)44(7)8)68(58)78-42-76-65(56)36-63(54)74-40-72-61(52)34-60(51)71-39-73-62;/h21,26-36,38,43-44,47-50H,9-20,22-25,37,39-42H2,1-8H3;1H/q+1;/p-1. The van der Waals surface area contributed by atoms with Gasteiger partial charge in [0.2, 0.25) is 33.5 Å². The maximum atomic E-state index is 7.16. The van der Waals surface area contributed by atoms with E-state index in [2.05, 4.69) is 144 Å². The van der Waals surface area contributed by atoms with Crippen molar-refractivity contribution in [2.24, 2.45) is 0 Å². The van der Waals surface area contributed by atoms with E-state index in [0.717, 1.165) is 154 Å². The number of para-hydroxylation sites is 1. The Kier molecular flexibility index (Phi) is 18.1. The normalized spacial score (nSPS) is 18.2. The molecular weight excluding hydrogens is 1050 g/mol. The van der Waals surface area contributed by atoms with E-state index in [1.165, 1.54) is 61.3 Å². The second-order valence-electron chi connectivity index (χ2n) is 23.4. The molecular formula is C68H85BrN2O8. The monoisotopic (exact) mass is 1140 g/mol. The first-order valence-corrected chi connectivity index (χ1v) is 30.1. The quantitative estimate of drug-likeness (QED) is 0.0521. The Morgan fingerprint density at radius 1 is 0.443 bits per heavy atom. The number of rotatable bonds is 21. The lowest BCUT2D eigenvalue weighted by Gasteiger charge is -2.35. The fraction of sp³-hybridized carbons (Fsp3) is 0.515. The van der Waals surface area contributed by atoms with Gasteiger partial charge in [-0.2, -0.15) is 0 Å². The molecule has 0 saturated carbocycles. The molecule has 0 saturated heterocycles. The summed E-state index contributed by atoms with van der Waals surface area (Å²) in [5, 5.41) is 0. The van der Waals surface area contributed by atoms with Gasteiger partial charge in [0.05, 0.1) is 5.56 Å². The smallest absolute Gasteiger partial charge is 0.249 e. The first-order valence-electron chi connectivity index (χ1n) is 30.1. The molecule has 1 aromatic heterocycles. The van der Waals surface area contributed by atoms with Crippen LogP contribution in [0.15, 0.2) is 79.4 Å². The lowest BCUT2D eigenvalue weighted by Crippen LogP contribution is -3.00. The minimum Gasteiger partial charge on any atom is -1.00 e. The maximum Gasteiger partial charge on any atom is 0.249 e. The second kappa shape index (κ2) is 25.3. The van der Waals surface area contributed by atoms with Gasteiger partial charge in [0.15, 0.2) is 0 Å². The molecule has 0 N–H and O–H groups in total. The van der Waals surface area contributed by atoms with Gasteiger partial charge >= 0.3 is 0 Å². The molecule has 10 nitrogen and oxygen atoms in total. The summed E-state index contributed by atoms with van der Waals surface area (Å²) in [6, 6.07) is 23.1. The Hall–Kier alpha value is -5.81. The van der Waals surface area contributed by atoms with E-state index >= 15 is 0 Å². The Bertz CT molecular complexity index is 2920. The van der Waals surface area contributed by atoms with E-state index in [-0.39, 0.29) is 67.8 Å². The van der Waals surface area contributed by atoms with Crippen LogP contribution in [0.25, 0.3) is 5.69 Å². The summed E-state index contributed by atoms with van der Waals surface area (Å²) in [6.07, 6.45) is 23.6. The Balaban J connectivity index is 0.00000704. The van der Waals surface area contributed by atoms with Crippen LogP contribution in [-0.2, 0) is 6.54 Å². The number of nitrogens with zero attached hydrogens (tertiary/aromatic N) is 2. The van der Waals surface area contributed by atoms with Crippen molar-refractivity contribution < 1.29 is 59.4 Å². The largest absolute Gasteiger partial charge is 1.00 e. The van der Waals surface area contributed by atoms with Crippen LogP contribution in [-0.4, -0.2) is 31.7 Å². The van der Waals surface area contributed by atoms with Crippen molar-refractivity contribution >= 4 is 0 Å². The SMILES string of the molecule is CCCCCC1c2cc3c4cc2OCOc2cc5c(cc21)C(CCCCC)c1cc2c(c(C[n+]6ccn(-c7c(C(C)C)cccc7C(C)C)c6)c1OCO5)OCOc1cc(c(cc1C2CCCCC)C3CCCCC)OCO4.[Br-]. The zero-order valence-electron chi connectivity index (χ0n) is 48.4. The van der Waals surface area contributed by atoms with E-state index in [1.54, 1.807) is 0 Å². The Labute approximate surface area is 481 Å². The van der Waals surface area contributed by atoms with Crippen molar-refractivity contribution in [1.82, 2.24) is 4.57 Å². The highest BCUT2D eigenvalue weighted by Gasteiger charge is 2.39. The van der Waals surface area contributed by atoms with Crippen molar-refractivity contribution in [1.29, 1.82) is 0 Å². The zero-order chi connectivity index (χ0) is 53.9. The van der Waals surface area contributed by atoms with Crippen molar-refractivity contribution in [3.8, 4) is 51.7 Å². The number of imidazole rings is 1. The third-order valence-corrected chi connectivity index (χ3v) is 17.5. The van der Waals surface area contributed by atoms with Crippen LogP contribution < -0.4 is 59.4 Å². The Morgan fingerprint density at radius 2 is 0.772 bits per heavy atom. The van der Waals surface area contributed by atoms with E-state index in [1.807, 2.05) is 0 Å². The molecule has 11 rings (SSSR count). The molecule has 4 atom stereocenters. The van der Waals surface area contributed by atoms with Gasteiger partial charge in [0.25, 0.3) is 0 Å². The maximum absolute atomic E-state index is 7.16.